The molecule has 0 spiro atoms. The van der Waals surface area contributed by atoms with Crippen molar-refractivity contribution in [3.63, 3.8) is 0 Å². The molecule has 0 aliphatic heterocycles. The summed E-state index contributed by atoms with van der Waals surface area (Å²) in [4.78, 5) is 10.7. The van der Waals surface area contributed by atoms with E-state index in [1.807, 2.05) is 78.7 Å². The van der Waals surface area contributed by atoms with E-state index in [0.717, 1.165) is 30.2 Å². The molecule has 4 aromatic rings. The average Bonchev–Trinajstić information content (AvgIpc) is 2.80. The van der Waals surface area contributed by atoms with Gasteiger partial charge in [-0.15, -0.1) is 5.10 Å². The van der Waals surface area contributed by atoms with Gasteiger partial charge in [0.25, 0.3) is 0 Å². The van der Waals surface area contributed by atoms with Gasteiger partial charge in [0.05, 0.1) is 11.9 Å². The Bertz CT molecular complexity index is 1080. The fourth-order valence-corrected chi connectivity index (χ4v) is 2.89. The molecule has 0 amide bonds. The molecule has 0 radical (unpaired) electrons. The van der Waals surface area contributed by atoms with Crippen LogP contribution in [0.2, 0.25) is 0 Å². The van der Waals surface area contributed by atoms with Crippen LogP contribution >= 0.6 is 0 Å². The van der Waals surface area contributed by atoms with Crippen molar-refractivity contribution >= 4 is 17.5 Å². The number of anilines is 3. The van der Waals surface area contributed by atoms with Crippen LogP contribution in [0.3, 0.4) is 0 Å². The largest absolute Gasteiger partial charge is 0.455 e. The number of pyridine rings is 1. The Balaban J connectivity index is 1.46. The van der Waals surface area contributed by atoms with Crippen molar-refractivity contribution < 1.29 is 4.74 Å². The topological polar surface area (TPSA) is 76.1 Å². The van der Waals surface area contributed by atoms with Gasteiger partial charge < -0.3 is 15.0 Å². The highest BCUT2D eigenvalue weighted by atomic mass is 16.5. The first-order valence-electron chi connectivity index (χ1n) is 9.66. The molecule has 0 unspecified atom stereocenters. The average molecular weight is 398 g/mol. The smallest absolute Gasteiger partial charge is 0.249 e. The Labute approximate surface area is 175 Å². The number of aromatic nitrogens is 4. The third-order valence-corrected chi connectivity index (χ3v) is 4.53. The van der Waals surface area contributed by atoms with Crippen LogP contribution in [0.1, 0.15) is 5.56 Å². The second kappa shape index (κ2) is 9.47. The minimum atomic E-state index is 0.410. The molecule has 0 saturated carbocycles. The Kier molecular flexibility index (Phi) is 6.10. The quantitative estimate of drug-likeness (QED) is 0.469. The fourth-order valence-electron chi connectivity index (χ4n) is 2.89. The lowest BCUT2D eigenvalue weighted by atomic mass is 10.2. The van der Waals surface area contributed by atoms with Crippen LogP contribution in [0.15, 0.2) is 85.3 Å². The van der Waals surface area contributed by atoms with Crippen LogP contribution in [-0.2, 0) is 6.42 Å². The molecule has 150 valence electrons. The Hall–Kier alpha value is -4.00. The van der Waals surface area contributed by atoms with Gasteiger partial charge in [-0.3, -0.25) is 4.98 Å². The molecule has 0 fully saturated rings. The molecule has 7 heteroatoms. The van der Waals surface area contributed by atoms with Crippen LogP contribution in [0.5, 0.6) is 11.5 Å². The predicted molar refractivity (Wildman–Crippen MR) is 117 cm³/mol. The number of para-hydroxylation sites is 3. The molecular weight excluding hydrogens is 376 g/mol. The molecule has 0 aliphatic carbocycles. The summed E-state index contributed by atoms with van der Waals surface area (Å²) < 4.78 is 5.99. The summed E-state index contributed by atoms with van der Waals surface area (Å²) in [5.74, 6) is 2.59. The van der Waals surface area contributed by atoms with E-state index >= 15 is 0 Å². The van der Waals surface area contributed by atoms with E-state index in [2.05, 4.69) is 25.5 Å². The Morgan fingerprint density at radius 3 is 2.53 bits per heavy atom. The number of hydrogen-bond acceptors (Lipinski definition) is 7. The number of nitrogens with zero attached hydrogens (tertiary/aromatic N) is 5. The van der Waals surface area contributed by atoms with Gasteiger partial charge in [0.2, 0.25) is 5.95 Å². The molecule has 1 N–H and O–H groups in total. The first kappa shape index (κ1) is 19.3. The Morgan fingerprint density at radius 1 is 0.933 bits per heavy atom. The van der Waals surface area contributed by atoms with E-state index < -0.39 is 0 Å². The number of ether oxygens (including phenoxy) is 1. The number of likely N-dealkylation sites (N-methyl/N-ethyl adjacent to an activating group) is 1. The van der Waals surface area contributed by atoms with Gasteiger partial charge in [0, 0.05) is 26.0 Å². The number of nitrogens with one attached hydrogen (secondary N) is 1. The van der Waals surface area contributed by atoms with Crippen molar-refractivity contribution in [3.8, 4) is 11.5 Å². The van der Waals surface area contributed by atoms with E-state index in [1.165, 1.54) is 5.56 Å². The molecule has 2 aromatic carbocycles. The molecule has 0 atom stereocenters. The van der Waals surface area contributed by atoms with Gasteiger partial charge in [0.15, 0.2) is 11.6 Å². The number of rotatable bonds is 8. The molecular formula is C23H22N6O. The van der Waals surface area contributed by atoms with Gasteiger partial charge in [0.1, 0.15) is 5.75 Å². The normalized spacial score (nSPS) is 10.4. The second-order valence-electron chi connectivity index (χ2n) is 6.70. The lowest BCUT2D eigenvalue weighted by molar-refractivity contribution is 0.485. The summed E-state index contributed by atoms with van der Waals surface area (Å²) in [5.41, 5.74) is 1.99. The molecule has 0 bridgehead atoms. The van der Waals surface area contributed by atoms with Crippen LogP contribution in [-0.4, -0.2) is 33.8 Å². The maximum Gasteiger partial charge on any atom is 0.249 e. The van der Waals surface area contributed by atoms with Crippen molar-refractivity contribution in [1.29, 1.82) is 0 Å². The van der Waals surface area contributed by atoms with Gasteiger partial charge in [-0.05, 0) is 48.4 Å². The zero-order chi connectivity index (χ0) is 20.6. The standard InChI is InChI=1S/C23H22N6O/c1-29(16-13-18-11-14-24-15-12-18)22-17-25-28-23(27-22)26-20-9-5-6-10-21(20)30-19-7-3-2-4-8-19/h2-12,14-15,17H,13,16H2,1H3,(H,26,27,28). The summed E-state index contributed by atoms with van der Waals surface area (Å²) in [7, 11) is 1.99. The monoisotopic (exact) mass is 398 g/mol. The van der Waals surface area contributed by atoms with Crippen molar-refractivity contribution in [2.45, 2.75) is 6.42 Å². The van der Waals surface area contributed by atoms with Crippen molar-refractivity contribution in [2.75, 3.05) is 23.8 Å². The third kappa shape index (κ3) is 5.08. The zero-order valence-electron chi connectivity index (χ0n) is 16.6. The zero-order valence-corrected chi connectivity index (χ0v) is 16.6. The highest BCUT2D eigenvalue weighted by Crippen LogP contribution is 2.30. The summed E-state index contributed by atoms with van der Waals surface area (Å²) >= 11 is 0. The molecule has 0 aliphatic rings. The van der Waals surface area contributed by atoms with Crippen molar-refractivity contribution in [3.05, 3.63) is 90.9 Å². The number of benzene rings is 2. The summed E-state index contributed by atoms with van der Waals surface area (Å²) in [5, 5.41) is 11.4. The molecule has 2 heterocycles. The predicted octanol–water partition coefficient (Wildman–Crippen LogP) is 4.48. The summed E-state index contributed by atoms with van der Waals surface area (Å²) in [6.45, 7) is 0.801. The van der Waals surface area contributed by atoms with E-state index in [-0.39, 0.29) is 0 Å². The first-order valence-corrected chi connectivity index (χ1v) is 9.66. The van der Waals surface area contributed by atoms with Crippen LogP contribution in [0, 0.1) is 0 Å². The number of hydrogen-bond donors (Lipinski definition) is 1. The third-order valence-electron chi connectivity index (χ3n) is 4.53. The highest BCUT2D eigenvalue weighted by molar-refractivity contribution is 5.63. The maximum atomic E-state index is 5.99. The van der Waals surface area contributed by atoms with Gasteiger partial charge in [-0.2, -0.15) is 10.1 Å². The minimum Gasteiger partial charge on any atom is -0.455 e. The molecule has 2 aromatic heterocycles. The first-order chi connectivity index (χ1) is 14.8. The van der Waals surface area contributed by atoms with Crippen molar-refractivity contribution in [1.82, 2.24) is 20.2 Å². The lowest BCUT2D eigenvalue weighted by Crippen LogP contribution is -2.22. The fraction of sp³-hybridized carbons (Fsp3) is 0.130. The lowest BCUT2D eigenvalue weighted by Gasteiger charge is -2.18. The minimum absolute atomic E-state index is 0.410. The van der Waals surface area contributed by atoms with E-state index in [9.17, 15) is 0 Å². The van der Waals surface area contributed by atoms with Crippen LogP contribution in [0.25, 0.3) is 0 Å². The van der Waals surface area contributed by atoms with Gasteiger partial charge in [-0.25, -0.2) is 0 Å². The molecule has 7 nitrogen and oxygen atoms in total. The van der Waals surface area contributed by atoms with Crippen molar-refractivity contribution in [2.24, 2.45) is 0 Å². The van der Waals surface area contributed by atoms with Crippen LogP contribution in [0.4, 0.5) is 17.5 Å². The van der Waals surface area contributed by atoms with Crippen LogP contribution < -0.4 is 15.0 Å². The Morgan fingerprint density at radius 2 is 1.70 bits per heavy atom. The summed E-state index contributed by atoms with van der Waals surface area (Å²) in [6, 6.07) is 21.3. The van der Waals surface area contributed by atoms with E-state index in [4.69, 9.17) is 4.74 Å². The molecule has 4 rings (SSSR count). The van der Waals surface area contributed by atoms with E-state index in [0.29, 0.717) is 11.7 Å². The molecule has 0 saturated heterocycles. The SMILES string of the molecule is CN(CCc1ccncc1)c1cnnc(Nc2ccccc2Oc2ccccc2)n1. The summed E-state index contributed by atoms with van der Waals surface area (Å²) in [6.07, 6.45) is 6.15. The molecule has 30 heavy (non-hydrogen) atoms. The van der Waals surface area contributed by atoms with Gasteiger partial charge in [-0.1, -0.05) is 30.3 Å². The second-order valence-corrected chi connectivity index (χ2v) is 6.70. The van der Waals surface area contributed by atoms with E-state index in [1.54, 1.807) is 18.6 Å². The maximum absolute atomic E-state index is 5.99. The highest BCUT2D eigenvalue weighted by Gasteiger charge is 2.09. The van der Waals surface area contributed by atoms with Gasteiger partial charge >= 0.3 is 0 Å².